The van der Waals surface area contributed by atoms with E-state index >= 15 is 0 Å². The minimum atomic E-state index is -0.153. The van der Waals surface area contributed by atoms with Crippen LogP contribution in [0, 0.1) is 13.8 Å². The lowest BCUT2D eigenvalue weighted by atomic mass is 10.1. The summed E-state index contributed by atoms with van der Waals surface area (Å²) in [6, 6.07) is 13.7. The molecule has 0 aromatic heterocycles. The third-order valence-corrected chi connectivity index (χ3v) is 5.33. The Morgan fingerprint density at radius 3 is 2.67 bits per heavy atom. The summed E-state index contributed by atoms with van der Waals surface area (Å²) in [6.07, 6.45) is 2.60. The lowest BCUT2D eigenvalue weighted by molar-refractivity contribution is -0.115. The number of thioether (sulfide) groups is 1. The van der Waals surface area contributed by atoms with Gasteiger partial charge >= 0.3 is 0 Å². The summed E-state index contributed by atoms with van der Waals surface area (Å²) >= 11 is 6.27. The summed E-state index contributed by atoms with van der Waals surface area (Å²) in [5, 5.41) is 2.61. The zero-order valence-electron chi connectivity index (χ0n) is 15.3. The molecule has 1 heterocycles. The van der Waals surface area contributed by atoms with Crippen LogP contribution in [0.1, 0.15) is 23.1 Å². The molecule has 140 valence electrons. The number of carbonyl (C=O) groups is 1. The zero-order chi connectivity index (χ0) is 19.2. The van der Waals surface area contributed by atoms with Crippen molar-refractivity contribution in [3.8, 4) is 11.5 Å². The van der Waals surface area contributed by atoms with E-state index in [4.69, 9.17) is 21.7 Å². The van der Waals surface area contributed by atoms with Crippen LogP contribution >= 0.6 is 24.0 Å². The number of amides is 1. The van der Waals surface area contributed by atoms with Gasteiger partial charge in [-0.25, -0.2) is 0 Å². The number of benzene rings is 2. The average Bonchev–Trinajstić information content (AvgIpc) is 2.95. The summed E-state index contributed by atoms with van der Waals surface area (Å²) in [5.74, 6) is 1.54. The van der Waals surface area contributed by atoms with Gasteiger partial charge in [0.2, 0.25) is 0 Å². The molecule has 2 aromatic rings. The molecule has 1 N–H and O–H groups in total. The van der Waals surface area contributed by atoms with E-state index in [1.165, 1.54) is 22.9 Å². The normalized spacial score (nSPS) is 15.1. The molecule has 0 unspecified atom stereocenters. The highest BCUT2D eigenvalue weighted by molar-refractivity contribution is 8.26. The van der Waals surface area contributed by atoms with Gasteiger partial charge in [0.05, 0.1) is 18.1 Å². The van der Waals surface area contributed by atoms with Crippen LogP contribution in [-0.4, -0.2) is 23.4 Å². The third kappa shape index (κ3) is 5.34. The Kier molecular flexibility index (Phi) is 6.53. The van der Waals surface area contributed by atoms with Gasteiger partial charge < -0.3 is 14.8 Å². The van der Waals surface area contributed by atoms with Crippen LogP contribution in [0.4, 0.5) is 0 Å². The Bertz CT molecular complexity index is 893. The van der Waals surface area contributed by atoms with Crippen molar-refractivity contribution in [3.05, 3.63) is 64.1 Å². The molecule has 0 saturated carbocycles. The van der Waals surface area contributed by atoms with Gasteiger partial charge in [-0.15, -0.1) is 0 Å². The quantitative estimate of drug-likeness (QED) is 0.418. The topological polar surface area (TPSA) is 47.6 Å². The van der Waals surface area contributed by atoms with Gasteiger partial charge in [0.1, 0.15) is 15.8 Å². The van der Waals surface area contributed by atoms with E-state index in [2.05, 4.69) is 25.2 Å². The van der Waals surface area contributed by atoms with Gasteiger partial charge in [0, 0.05) is 6.42 Å². The number of thiocarbonyl (C=S) groups is 1. The zero-order valence-corrected chi connectivity index (χ0v) is 16.9. The molecule has 0 atom stereocenters. The second-order valence-corrected chi connectivity index (χ2v) is 7.89. The molecule has 2 aromatic carbocycles. The highest BCUT2D eigenvalue weighted by Crippen LogP contribution is 2.27. The van der Waals surface area contributed by atoms with Crippen LogP contribution in [0.25, 0.3) is 6.08 Å². The number of carbonyl (C=O) groups excluding carboxylic acids is 1. The van der Waals surface area contributed by atoms with Gasteiger partial charge in [0.25, 0.3) is 5.91 Å². The van der Waals surface area contributed by atoms with Gasteiger partial charge in [0.15, 0.2) is 0 Å². The van der Waals surface area contributed by atoms with Crippen molar-refractivity contribution in [2.24, 2.45) is 0 Å². The van der Waals surface area contributed by atoms with E-state index in [1.54, 1.807) is 0 Å². The minimum Gasteiger partial charge on any atom is -0.493 e. The largest absolute Gasteiger partial charge is 0.493 e. The summed E-state index contributed by atoms with van der Waals surface area (Å²) in [6.45, 7) is 5.30. The van der Waals surface area contributed by atoms with Crippen molar-refractivity contribution in [2.45, 2.75) is 20.3 Å². The van der Waals surface area contributed by atoms with E-state index in [0.29, 0.717) is 22.4 Å². The van der Waals surface area contributed by atoms with Crippen LogP contribution in [0.3, 0.4) is 0 Å². The van der Waals surface area contributed by atoms with Crippen molar-refractivity contribution in [1.82, 2.24) is 5.32 Å². The Hall–Kier alpha value is -2.31. The predicted octanol–water partition coefficient (Wildman–Crippen LogP) is 4.64. The number of hydrogen-bond acceptors (Lipinski definition) is 5. The predicted molar refractivity (Wildman–Crippen MR) is 114 cm³/mol. The SMILES string of the molecule is Cc1cccc(OCCCOc2cccc(C=C3SC(=S)NC3=O)c2)c1C. The van der Waals surface area contributed by atoms with Gasteiger partial charge in [-0.1, -0.05) is 48.2 Å². The number of nitrogens with one attached hydrogen (secondary N) is 1. The number of hydrogen-bond donors (Lipinski definition) is 1. The molecule has 1 aliphatic heterocycles. The lowest BCUT2D eigenvalue weighted by Gasteiger charge is -2.11. The van der Waals surface area contributed by atoms with Gasteiger partial charge in [-0.05, 0) is 54.8 Å². The van der Waals surface area contributed by atoms with Gasteiger partial charge in [-0.2, -0.15) is 0 Å². The van der Waals surface area contributed by atoms with Gasteiger partial charge in [-0.3, -0.25) is 4.79 Å². The van der Waals surface area contributed by atoms with Crippen molar-refractivity contribution >= 4 is 40.3 Å². The second-order valence-electron chi connectivity index (χ2n) is 6.17. The molecule has 0 radical (unpaired) electrons. The Morgan fingerprint density at radius 2 is 1.89 bits per heavy atom. The summed E-state index contributed by atoms with van der Waals surface area (Å²) in [4.78, 5) is 12.3. The van der Waals surface area contributed by atoms with Crippen LogP contribution in [0.2, 0.25) is 0 Å². The van der Waals surface area contributed by atoms with Crippen molar-refractivity contribution in [1.29, 1.82) is 0 Å². The smallest absolute Gasteiger partial charge is 0.263 e. The molecule has 1 fully saturated rings. The Labute approximate surface area is 168 Å². The highest BCUT2D eigenvalue weighted by atomic mass is 32.2. The van der Waals surface area contributed by atoms with Crippen molar-refractivity contribution in [3.63, 3.8) is 0 Å². The molecule has 4 nitrogen and oxygen atoms in total. The maximum absolute atomic E-state index is 11.7. The molecular weight excluding hydrogens is 378 g/mol. The molecule has 0 bridgehead atoms. The van der Waals surface area contributed by atoms with Crippen LogP contribution in [-0.2, 0) is 4.79 Å². The number of rotatable bonds is 7. The minimum absolute atomic E-state index is 0.153. The maximum Gasteiger partial charge on any atom is 0.263 e. The van der Waals surface area contributed by atoms with E-state index < -0.39 is 0 Å². The Morgan fingerprint density at radius 1 is 1.11 bits per heavy atom. The van der Waals surface area contributed by atoms with E-state index in [9.17, 15) is 4.79 Å². The maximum atomic E-state index is 11.7. The highest BCUT2D eigenvalue weighted by Gasteiger charge is 2.21. The first kappa shape index (κ1) is 19.5. The molecule has 1 saturated heterocycles. The molecule has 0 aliphatic carbocycles. The molecule has 27 heavy (non-hydrogen) atoms. The second kappa shape index (κ2) is 9.06. The molecule has 1 amide bonds. The van der Waals surface area contributed by atoms with Crippen LogP contribution in [0.5, 0.6) is 11.5 Å². The van der Waals surface area contributed by atoms with Crippen molar-refractivity contribution in [2.75, 3.05) is 13.2 Å². The first-order valence-electron chi connectivity index (χ1n) is 8.69. The summed E-state index contributed by atoms with van der Waals surface area (Å²) in [5.41, 5.74) is 3.30. The Balaban J connectivity index is 1.49. The number of ether oxygens (including phenoxy) is 2. The first-order chi connectivity index (χ1) is 13.0. The van der Waals surface area contributed by atoms with E-state index in [0.717, 1.165) is 23.5 Å². The van der Waals surface area contributed by atoms with E-state index in [-0.39, 0.29) is 5.91 Å². The summed E-state index contributed by atoms with van der Waals surface area (Å²) < 4.78 is 12.1. The summed E-state index contributed by atoms with van der Waals surface area (Å²) in [7, 11) is 0. The average molecular weight is 400 g/mol. The molecule has 3 rings (SSSR count). The molecule has 6 heteroatoms. The molecular formula is C21H21NO3S2. The monoisotopic (exact) mass is 399 g/mol. The third-order valence-electron chi connectivity index (χ3n) is 4.17. The standard InChI is InChI=1S/C21H21NO3S2/c1-14-6-3-9-18(15(14)2)25-11-5-10-24-17-8-4-7-16(12-17)13-19-20(23)22-21(26)27-19/h3-4,6-9,12-13H,5,10-11H2,1-2H3,(H,22,23,26). The van der Waals surface area contributed by atoms with Crippen molar-refractivity contribution < 1.29 is 14.3 Å². The fourth-order valence-electron chi connectivity index (χ4n) is 2.58. The fourth-order valence-corrected chi connectivity index (χ4v) is 3.62. The number of aryl methyl sites for hydroxylation is 1. The van der Waals surface area contributed by atoms with Crippen LogP contribution in [0.15, 0.2) is 47.4 Å². The van der Waals surface area contributed by atoms with E-state index in [1.807, 2.05) is 42.5 Å². The fraction of sp³-hybridized carbons (Fsp3) is 0.238. The first-order valence-corrected chi connectivity index (χ1v) is 9.92. The molecule has 1 aliphatic rings. The molecule has 0 spiro atoms. The van der Waals surface area contributed by atoms with Crippen LogP contribution < -0.4 is 14.8 Å². The lowest BCUT2D eigenvalue weighted by Crippen LogP contribution is -2.17.